The molecule has 0 radical (unpaired) electrons. The average Bonchev–Trinajstić information content (AvgIpc) is 2.86. The van der Waals surface area contributed by atoms with Crippen LogP contribution in [0.1, 0.15) is 88.0 Å². The minimum absolute atomic E-state index is 0.183. The van der Waals surface area contributed by atoms with Crippen LogP contribution in [0.5, 0.6) is 0 Å². The van der Waals surface area contributed by atoms with Gasteiger partial charge in [-0.2, -0.15) is 0 Å². The van der Waals surface area contributed by atoms with Crippen molar-refractivity contribution in [1.82, 2.24) is 5.32 Å². The molecule has 2 N–H and O–H groups in total. The second-order valence-corrected chi connectivity index (χ2v) is 9.19. The standard InChI is InChI=1S/C31H33NO2/c1-3-4-6-23-9-11-24(12-10-23)13-14-25-15-17-26(18-16-25)21-32-29-8-5-7-27-19-20-28(31(33)34)22(2)30(27)29/h9-12,15-20,29,32H,3-8,21H2,1-2H3,(H,33,34). The Morgan fingerprint density at radius 3 is 2.24 bits per heavy atom. The zero-order chi connectivity index (χ0) is 23.9. The largest absolute Gasteiger partial charge is 0.478 e. The van der Waals surface area contributed by atoms with E-state index in [1.165, 1.54) is 35.1 Å². The van der Waals surface area contributed by atoms with Crippen molar-refractivity contribution in [3.63, 3.8) is 0 Å². The molecule has 0 aromatic heterocycles. The maximum atomic E-state index is 11.6. The molecule has 1 unspecified atom stereocenters. The van der Waals surface area contributed by atoms with Crippen LogP contribution in [0.3, 0.4) is 0 Å². The zero-order valence-corrected chi connectivity index (χ0v) is 20.2. The highest BCUT2D eigenvalue weighted by molar-refractivity contribution is 5.90. The first-order valence-corrected chi connectivity index (χ1v) is 12.3. The third-order valence-electron chi connectivity index (χ3n) is 6.75. The molecule has 3 aromatic carbocycles. The van der Waals surface area contributed by atoms with Crippen LogP contribution in [0.4, 0.5) is 0 Å². The van der Waals surface area contributed by atoms with Gasteiger partial charge in [-0.05, 0) is 97.2 Å². The van der Waals surface area contributed by atoms with Crippen molar-refractivity contribution in [1.29, 1.82) is 0 Å². The Balaban J connectivity index is 1.39. The lowest BCUT2D eigenvalue weighted by atomic mass is 9.83. The van der Waals surface area contributed by atoms with Crippen LogP contribution in [-0.4, -0.2) is 11.1 Å². The summed E-state index contributed by atoms with van der Waals surface area (Å²) in [7, 11) is 0. The maximum Gasteiger partial charge on any atom is 0.335 e. The summed E-state index contributed by atoms with van der Waals surface area (Å²) >= 11 is 0. The van der Waals surface area contributed by atoms with Crippen molar-refractivity contribution in [2.75, 3.05) is 0 Å². The molecule has 0 bridgehead atoms. The van der Waals surface area contributed by atoms with Gasteiger partial charge < -0.3 is 10.4 Å². The highest BCUT2D eigenvalue weighted by Crippen LogP contribution is 2.34. The van der Waals surface area contributed by atoms with Gasteiger partial charge in [0.25, 0.3) is 0 Å². The summed E-state index contributed by atoms with van der Waals surface area (Å²) in [6.07, 6.45) is 6.73. The van der Waals surface area contributed by atoms with Crippen molar-refractivity contribution >= 4 is 5.97 Å². The van der Waals surface area contributed by atoms with E-state index in [2.05, 4.69) is 72.6 Å². The first-order valence-electron chi connectivity index (χ1n) is 12.3. The zero-order valence-electron chi connectivity index (χ0n) is 20.2. The van der Waals surface area contributed by atoms with Gasteiger partial charge >= 0.3 is 5.97 Å². The second-order valence-electron chi connectivity index (χ2n) is 9.19. The van der Waals surface area contributed by atoms with Gasteiger partial charge in [-0.3, -0.25) is 0 Å². The van der Waals surface area contributed by atoms with Gasteiger partial charge in [0.15, 0.2) is 0 Å². The Kier molecular flexibility index (Phi) is 7.83. The third kappa shape index (κ3) is 5.76. The van der Waals surface area contributed by atoms with Gasteiger partial charge in [-0.15, -0.1) is 0 Å². The lowest BCUT2D eigenvalue weighted by Gasteiger charge is -2.29. The van der Waals surface area contributed by atoms with Crippen LogP contribution >= 0.6 is 0 Å². The summed E-state index contributed by atoms with van der Waals surface area (Å²) in [5, 5.41) is 13.2. The molecule has 3 nitrogen and oxygen atoms in total. The number of benzene rings is 3. The SMILES string of the molecule is CCCCc1ccc(C#Cc2ccc(CNC3CCCc4ccc(C(=O)O)c(C)c43)cc2)cc1. The normalized spacial score (nSPS) is 14.7. The average molecular weight is 452 g/mol. The van der Waals surface area contributed by atoms with Crippen molar-refractivity contribution in [3.8, 4) is 11.8 Å². The van der Waals surface area contributed by atoms with E-state index in [-0.39, 0.29) is 6.04 Å². The number of carboxylic acid groups (broad SMARTS) is 1. The molecule has 34 heavy (non-hydrogen) atoms. The lowest BCUT2D eigenvalue weighted by Crippen LogP contribution is -2.26. The second kappa shape index (κ2) is 11.2. The number of nitrogens with one attached hydrogen (secondary N) is 1. The van der Waals surface area contributed by atoms with Crippen LogP contribution in [-0.2, 0) is 19.4 Å². The summed E-state index contributed by atoms with van der Waals surface area (Å²) in [5.74, 6) is 5.68. The molecule has 0 aliphatic heterocycles. The Hall–Kier alpha value is -3.35. The first kappa shape index (κ1) is 23.8. The predicted octanol–water partition coefficient (Wildman–Crippen LogP) is 6.60. The summed E-state index contributed by atoms with van der Waals surface area (Å²) < 4.78 is 0. The van der Waals surface area contributed by atoms with E-state index in [1.54, 1.807) is 6.07 Å². The molecule has 174 valence electrons. The van der Waals surface area contributed by atoms with Crippen LogP contribution in [0.15, 0.2) is 60.7 Å². The van der Waals surface area contributed by atoms with Gasteiger partial charge in [0.2, 0.25) is 0 Å². The number of carboxylic acids is 1. The van der Waals surface area contributed by atoms with Crippen molar-refractivity contribution < 1.29 is 9.90 Å². The Morgan fingerprint density at radius 2 is 1.62 bits per heavy atom. The molecular formula is C31H33NO2. The Morgan fingerprint density at radius 1 is 0.971 bits per heavy atom. The van der Waals surface area contributed by atoms with E-state index in [0.717, 1.165) is 48.9 Å². The molecular weight excluding hydrogens is 418 g/mol. The molecule has 0 saturated carbocycles. The molecule has 0 spiro atoms. The number of rotatable bonds is 7. The van der Waals surface area contributed by atoms with Gasteiger partial charge in [-0.25, -0.2) is 4.79 Å². The molecule has 3 heteroatoms. The van der Waals surface area contributed by atoms with Crippen LogP contribution < -0.4 is 5.32 Å². The third-order valence-corrected chi connectivity index (χ3v) is 6.75. The number of unbranched alkanes of at least 4 members (excludes halogenated alkanes) is 1. The van der Waals surface area contributed by atoms with Crippen molar-refractivity contribution in [2.45, 2.75) is 65.0 Å². The topological polar surface area (TPSA) is 49.3 Å². The minimum atomic E-state index is -0.853. The number of aryl methyl sites for hydroxylation is 2. The lowest BCUT2D eigenvalue weighted by molar-refractivity contribution is 0.0696. The van der Waals surface area contributed by atoms with Crippen molar-refractivity contribution in [3.05, 3.63) is 105 Å². The molecule has 1 atom stereocenters. The minimum Gasteiger partial charge on any atom is -0.478 e. The highest BCUT2D eigenvalue weighted by atomic mass is 16.4. The van der Waals surface area contributed by atoms with Crippen LogP contribution in [0.2, 0.25) is 0 Å². The fourth-order valence-electron chi connectivity index (χ4n) is 4.79. The van der Waals surface area contributed by atoms with E-state index in [1.807, 2.05) is 13.0 Å². The fraction of sp³-hybridized carbons (Fsp3) is 0.323. The Labute approximate surface area is 203 Å². The van der Waals surface area contributed by atoms with Gasteiger partial charge in [0, 0.05) is 23.7 Å². The molecule has 0 fully saturated rings. The van der Waals surface area contributed by atoms with Crippen LogP contribution in [0.25, 0.3) is 0 Å². The summed E-state index contributed by atoms with van der Waals surface area (Å²) in [4.78, 5) is 11.6. The van der Waals surface area contributed by atoms with E-state index >= 15 is 0 Å². The Bertz CT molecular complexity index is 1200. The predicted molar refractivity (Wildman–Crippen MR) is 138 cm³/mol. The number of carbonyl (C=O) groups is 1. The number of fused-ring (bicyclic) bond motifs is 1. The molecule has 1 aliphatic carbocycles. The summed E-state index contributed by atoms with van der Waals surface area (Å²) in [6.45, 7) is 4.90. The maximum absolute atomic E-state index is 11.6. The molecule has 0 amide bonds. The monoisotopic (exact) mass is 451 g/mol. The number of hydrogen-bond donors (Lipinski definition) is 2. The summed E-state index contributed by atoms with van der Waals surface area (Å²) in [6, 6.07) is 20.9. The molecule has 0 heterocycles. The van der Waals surface area contributed by atoms with Crippen molar-refractivity contribution in [2.24, 2.45) is 0 Å². The van der Waals surface area contributed by atoms with E-state index in [4.69, 9.17) is 0 Å². The highest BCUT2D eigenvalue weighted by Gasteiger charge is 2.24. The smallest absolute Gasteiger partial charge is 0.335 e. The van der Waals surface area contributed by atoms with Gasteiger partial charge in [0.1, 0.15) is 0 Å². The first-order chi connectivity index (χ1) is 16.5. The molecule has 4 rings (SSSR count). The molecule has 0 saturated heterocycles. The number of hydrogen-bond acceptors (Lipinski definition) is 2. The van der Waals surface area contributed by atoms with E-state index < -0.39 is 5.97 Å². The molecule has 1 aliphatic rings. The van der Waals surface area contributed by atoms with Gasteiger partial charge in [0.05, 0.1) is 5.56 Å². The summed E-state index contributed by atoms with van der Waals surface area (Å²) in [5.41, 5.74) is 8.37. The van der Waals surface area contributed by atoms with E-state index in [0.29, 0.717) is 5.56 Å². The fourth-order valence-corrected chi connectivity index (χ4v) is 4.79. The van der Waals surface area contributed by atoms with Crippen LogP contribution in [0, 0.1) is 18.8 Å². The number of aromatic carboxylic acids is 1. The quantitative estimate of drug-likeness (QED) is 0.398. The molecule has 3 aromatic rings. The van der Waals surface area contributed by atoms with Gasteiger partial charge in [-0.1, -0.05) is 55.5 Å². The van der Waals surface area contributed by atoms with E-state index in [9.17, 15) is 9.90 Å².